The predicted molar refractivity (Wildman–Crippen MR) is 75.3 cm³/mol. The van der Waals surface area contributed by atoms with Gasteiger partial charge in [0.15, 0.2) is 0 Å². The zero-order valence-corrected chi connectivity index (χ0v) is 11.4. The molecule has 0 radical (unpaired) electrons. The highest BCUT2D eigenvalue weighted by Gasteiger charge is 2.17. The third kappa shape index (κ3) is 3.16. The zero-order chi connectivity index (χ0) is 13.0. The van der Waals surface area contributed by atoms with Crippen LogP contribution < -0.4 is 10.6 Å². The Labute approximate surface area is 113 Å². The van der Waals surface area contributed by atoms with Gasteiger partial charge in [-0.25, -0.2) is 0 Å². The Kier molecular flexibility index (Phi) is 4.48. The number of rotatable bonds is 5. The van der Waals surface area contributed by atoms with Gasteiger partial charge in [-0.15, -0.1) is 0 Å². The number of benzene rings is 1. The van der Waals surface area contributed by atoms with E-state index in [1.54, 1.807) is 19.2 Å². The van der Waals surface area contributed by atoms with Crippen LogP contribution in [0.2, 0.25) is 5.02 Å². The SMILES string of the molecule is CNc1ccc(Cl)cc1C(=O)NCCC1CCC1. The van der Waals surface area contributed by atoms with Crippen molar-refractivity contribution in [1.82, 2.24) is 5.32 Å². The van der Waals surface area contributed by atoms with Crippen LogP contribution in [0.3, 0.4) is 0 Å². The molecule has 1 aromatic carbocycles. The summed E-state index contributed by atoms with van der Waals surface area (Å²) in [4.78, 5) is 12.1. The molecule has 0 aromatic heterocycles. The van der Waals surface area contributed by atoms with Crippen LogP contribution in [-0.4, -0.2) is 19.5 Å². The van der Waals surface area contributed by atoms with Crippen molar-refractivity contribution >= 4 is 23.2 Å². The summed E-state index contributed by atoms with van der Waals surface area (Å²) in [7, 11) is 1.80. The first-order valence-corrected chi connectivity index (χ1v) is 6.84. The van der Waals surface area contributed by atoms with E-state index in [0.29, 0.717) is 10.6 Å². The Bertz CT molecular complexity index is 430. The Morgan fingerprint density at radius 1 is 1.44 bits per heavy atom. The van der Waals surface area contributed by atoms with Crippen LogP contribution in [0, 0.1) is 5.92 Å². The summed E-state index contributed by atoms with van der Waals surface area (Å²) < 4.78 is 0. The number of hydrogen-bond acceptors (Lipinski definition) is 2. The molecule has 0 aliphatic heterocycles. The number of carbonyl (C=O) groups excluding carboxylic acids is 1. The second kappa shape index (κ2) is 6.10. The molecule has 0 heterocycles. The van der Waals surface area contributed by atoms with Crippen LogP contribution in [0.1, 0.15) is 36.0 Å². The number of halogens is 1. The Morgan fingerprint density at radius 3 is 2.83 bits per heavy atom. The summed E-state index contributed by atoms with van der Waals surface area (Å²) in [6.45, 7) is 0.749. The number of anilines is 1. The van der Waals surface area contributed by atoms with Crippen molar-refractivity contribution in [3.63, 3.8) is 0 Å². The summed E-state index contributed by atoms with van der Waals surface area (Å²) in [6, 6.07) is 5.30. The lowest BCUT2D eigenvalue weighted by Gasteiger charge is -2.25. The number of carbonyl (C=O) groups is 1. The van der Waals surface area contributed by atoms with E-state index < -0.39 is 0 Å². The fourth-order valence-electron chi connectivity index (χ4n) is 2.19. The minimum absolute atomic E-state index is 0.0545. The topological polar surface area (TPSA) is 41.1 Å². The van der Waals surface area contributed by atoms with Gasteiger partial charge in [0.1, 0.15) is 0 Å². The molecule has 0 unspecified atom stereocenters. The van der Waals surface area contributed by atoms with Gasteiger partial charge in [0, 0.05) is 24.3 Å². The summed E-state index contributed by atoms with van der Waals surface area (Å²) in [6.07, 6.45) is 5.06. The first-order valence-electron chi connectivity index (χ1n) is 6.46. The van der Waals surface area contributed by atoms with Crippen molar-refractivity contribution in [2.75, 3.05) is 18.9 Å². The first kappa shape index (κ1) is 13.2. The highest BCUT2D eigenvalue weighted by atomic mass is 35.5. The van der Waals surface area contributed by atoms with Crippen molar-refractivity contribution < 1.29 is 4.79 Å². The van der Waals surface area contributed by atoms with Crippen LogP contribution >= 0.6 is 11.6 Å². The molecule has 3 nitrogen and oxygen atoms in total. The van der Waals surface area contributed by atoms with E-state index >= 15 is 0 Å². The maximum absolute atomic E-state index is 12.1. The van der Waals surface area contributed by atoms with Gasteiger partial charge in [0.2, 0.25) is 0 Å². The van der Waals surface area contributed by atoms with Crippen molar-refractivity contribution in [3.05, 3.63) is 28.8 Å². The lowest BCUT2D eigenvalue weighted by atomic mass is 9.83. The van der Waals surface area contributed by atoms with Gasteiger partial charge in [-0.2, -0.15) is 0 Å². The molecule has 2 N–H and O–H groups in total. The quantitative estimate of drug-likeness (QED) is 0.859. The van der Waals surface area contributed by atoms with Gasteiger partial charge in [0.25, 0.3) is 5.91 Å². The molecule has 0 spiro atoms. The molecular formula is C14H19ClN2O. The van der Waals surface area contributed by atoms with E-state index in [9.17, 15) is 4.79 Å². The van der Waals surface area contributed by atoms with Gasteiger partial charge in [0.05, 0.1) is 5.56 Å². The summed E-state index contributed by atoms with van der Waals surface area (Å²) in [5, 5.41) is 6.55. The molecule has 98 valence electrons. The fourth-order valence-corrected chi connectivity index (χ4v) is 2.36. The Hall–Kier alpha value is -1.22. The molecular weight excluding hydrogens is 248 g/mol. The molecule has 1 saturated carbocycles. The van der Waals surface area contributed by atoms with Crippen molar-refractivity contribution in [3.8, 4) is 0 Å². The highest BCUT2D eigenvalue weighted by Crippen LogP contribution is 2.28. The Balaban J connectivity index is 1.92. The van der Waals surface area contributed by atoms with Crippen LogP contribution in [0.25, 0.3) is 0 Å². The molecule has 1 aromatic rings. The van der Waals surface area contributed by atoms with Crippen LogP contribution in [0.5, 0.6) is 0 Å². The predicted octanol–water partition coefficient (Wildman–Crippen LogP) is 3.30. The molecule has 1 fully saturated rings. The molecule has 0 bridgehead atoms. The number of amides is 1. The average Bonchev–Trinajstić information content (AvgIpc) is 2.32. The molecule has 18 heavy (non-hydrogen) atoms. The maximum atomic E-state index is 12.1. The second-order valence-corrected chi connectivity index (χ2v) is 5.22. The van der Waals surface area contributed by atoms with Crippen molar-refractivity contribution in [2.24, 2.45) is 5.92 Å². The lowest BCUT2D eigenvalue weighted by molar-refractivity contribution is 0.0950. The third-order valence-corrected chi connectivity index (χ3v) is 3.79. The molecule has 2 rings (SSSR count). The second-order valence-electron chi connectivity index (χ2n) is 4.78. The summed E-state index contributed by atoms with van der Waals surface area (Å²) >= 11 is 5.93. The Morgan fingerprint density at radius 2 is 2.22 bits per heavy atom. The van der Waals surface area contributed by atoms with Crippen LogP contribution in [0.15, 0.2) is 18.2 Å². The molecule has 1 amide bonds. The minimum atomic E-state index is -0.0545. The molecule has 1 aliphatic carbocycles. The minimum Gasteiger partial charge on any atom is -0.387 e. The van der Waals surface area contributed by atoms with Gasteiger partial charge in [-0.05, 0) is 30.5 Å². The normalized spacial score (nSPS) is 15.0. The molecule has 1 aliphatic rings. The van der Waals surface area contributed by atoms with Crippen molar-refractivity contribution in [1.29, 1.82) is 0 Å². The van der Waals surface area contributed by atoms with E-state index in [2.05, 4.69) is 10.6 Å². The average molecular weight is 267 g/mol. The van der Waals surface area contributed by atoms with Gasteiger partial charge in [-0.1, -0.05) is 30.9 Å². The van der Waals surface area contributed by atoms with E-state index in [1.165, 1.54) is 19.3 Å². The number of nitrogens with one attached hydrogen (secondary N) is 2. The van der Waals surface area contributed by atoms with Gasteiger partial charge < -0.3 is 10.6 Å². The van der Waals surface area contributed by atoms with Crippen LogP contribution in [0.4, 0.5) is 5.69 Å². The molecule has 0 saturated heterocycles. The van der Waals surface area contributed by atoms with E-state index in [4.69, 9.17) is 11.6 Å². The van der Waals surface area contributed by atoms with E-state index in [0.717, 1.165) is 24.6 Å². The van der Waals surface area contributed by atoms with Crippen molar-refractivity contribution in [2.45, 2.75) is 25.7 Å². The zero-order valence-electron chi connectivity index (χ0n) is 10.6. The lowest BCUT2D eigenvalue weighted by Crippen LogP contribution is -2.28. The number of hydrogen-bond donors (Lipinski definition) is 2. The molecule has 4 heteroatoms. The monoisotopic (exact) mass is 266 g/mol. The third-order valence-electron chi connectivity index (χ3n) is 3.56. The van der Waals surface area contributed by atoms with E-state index in [-0.39, 0.29) is 5.91 Å². The van der Waals surface area contributed by atoms with E-state index in [1.807, 2.05) is 6.07 Å². The standard InChI is InChI=1S/C14H19ClN2O/c1-16-13-6-5-11(15)9-12(13)14(18)17-8-7-10-3-2-4-10/h5-6,9-10,16H,2-4,7-8H2,1H3,(H,17,18). The first-order chi connectivity index (χ1) is 8.70. The van der Waals surface area contributed by atoms with Gasteiger partial charge in [-0.3, -0.25) is 4.79 Å². The highest BCUT2D eigenvalue weighted by molar-refractivity contribution is 6.31. The fraction of sp³-hybridized carbons (Fsp3) is 0.500. The molecule has 0 atom stereocenters. The summed E-state index contributed by atoms with van der Waals surface area (Å²) in [5.41, 5.74) is 1.42. The maximum Gasteiger partial charge on any atom is 0.253 e. The van der Waals surface area contributed by atoms with Crippen LogP contribution in [-0.2, 0) is 0 Å². The largest absolute Gasteiger partial charge is 0.387 e. The smallest absolute Gasteiger partial charge is 0.253 e. The summed E-state index contributed by atoms with van der Waals surface area (Å²) in [5.74, 6) is 0.759. The van der Waals surface area contributed by atoms with Gasteiger partial charge >= 0.3 is 0 Å².